The van der Waals surface area contributed by atoms with Gasteiger partial charge >= 0.3 is 0 Å². The molecular weight excluding hydrogens is 302 g/mol. The van der Waals surface area contributed by atoms with Crippen LogP contribution in [0.5, 0.6) is 0 Å². The van der Waals surface area contributed by atoms with E-state index in [1.807, 2.05) is 54.6 Å². The Bertz CT molecular complexity index is 798. The van der Waals surface area contributed by atoms with Gasteiger partial charge in [-0.1, -0.05) is 48.5 Å². The molecule has 0 fully saturated rings. The average Bonchev–Trinajstić information content (AvgIpc) is 3.02. The van der Waals surface area contributed by atoms with Gasteiger partial charge in [0.1, 0.15) is 6.54 Å². The summed E-state index contributed by atoms with van der Waals surface area (Å²) in [6.45, 7) is 1.07. The average molecular weight is 323 g/mol. The molecule has 1 aromatic heterocycles. The van der Waals surface area contributed by atoms with E-state index in [1.54, 1.807) is 15.8 Å². The maximum absolute atomic E-state index is 12.6. The molecule has 5 nitrogen and oxygen atoms in total. The van der Waals surface area contributed by atoms with Crippen LogP contribution in [0.4, 0.5) is 0 Å². The Morgan fingerprint density at radius 3 is 2.58 bits per heavy atom. The second-order valence-electron chi connectivity index (χ2n) is 5.70. The van der Waals surface area contributed by atoms with Gasteiger partial charge in [-0.25, -0.2) is 0 Å². The zero-order valence-corrected chi connectivity index (χ0v) is 13.5. The first kappa shape index (κ1) is 16.2. The quantitative estimate of drug-likeness (QED) is 0.724. The Morgan fingerprint density at radius 1 is 1.04 bits per heavy atom. The number of hydrogen-bond acceptors (Lipinski definition) is 3. The fourth-order valence-electron chi connectivity index (χ4n) is 2.77. The molecule has 0 radical (unpaired) electrons. The van der Waals surface area contributed by atoms with Crippen molar-refractivity contribution in [3.05, 3.63) is 66.4 Å². The Morgan fingerprint density at radius 2 is 1.79 bits per heavy atom. The molecule has 1 amide bonds. The summed E-state index contributed by atoms with van der Waals surface area (Å²) in [6.07, 6.45) is 2.54. The number of hydrogen-bond donors (Lipinski definition) is 1. The summed E-state index contributed by atoms with van der Waals surface area (Å²) in [4.78, 5) is 14.3. The molecule has 0 saturated heterocycles. The number of para-hydroxylation sites is 1. The van der Waals surface area contributed by atoms with Crippen molar-refractivity contribution in [3.8, 4) is 0 Å². The molecular formula is C19H21N3O2. The number of aromatic nitrogens is 2. The highest BCUT2D eigenvalue weighted by Gasteiger charge is 2.15. The first-order valence-corrected chi connectivity index (χ1v) is 8.11. The molecule has 3 rings (SSSR count). The van der Waals surface area contributed by atoms with Gasteiger partial charge in [0.25, 0.3) is 0 Å². The van der Waals surface area contributed by atoms with E-state index in [9.17, 15) is 9.90 Å². The van der Waals surface area contributed by atoms with Crippen LogP contribution in [0, 0.1) is 0 Å². The molecule has 24 heavy (non-hydrogen) atoms. The van der Waals surface area contributed by atoms with Crippen LogP contribution >= 0.6 is 0 Å². The zero-order chi connectivity index (χ0) is 16.8. The first-order chi connectivity index (χ1) is 11.8. The molecule has 0 aliphatic carbocycles. The molecule has 0 bridgehead atoms. The van der Waals surface area contributed by atoms with Crippen molar-refractivity contribution in [1.82, 2.24) is 14.7 Å². The molecule has 124 valence electrons. The monoisotopic (exact) mass is 323 g/mol. The van der Waals surface area contributed by atoms with Crippen LogP contribution < -0.4 is 0 Å². The van der Waals surface area contributed by atoms with Crippen molar-refractivity contribution >= 4 is 16.8 Å². The van der Waals surface area contributed by atoms with E-state index in [0.29, 0.717) is 13.1 Å². The van der Waals surface area contributed by atoms with Crippen LogP contribution in [-0.2, 0) is 17.8 Å². The highest BCUT2D eigenvalue weighted by molar-refractivity contribution is 5.82. The number of carbonyl (C=O) groups is 1. The highest BCUT2D eigenvalue weighted by Crippen LogP contribution is 2.13. The number of benzene rings is 2. The predicted molar refractivity (Wildman–Crippen MR) is 93.5 cm³/mol. The van der Waals surface area contributed by atoms with Gasteiger partial charge in [-0.3, -0.25) is 9.48 Å². The van der Waals surface area contributed by atoms with E-state index in [0.717, 1.165) is 17.3 Å². The van der Waals surface area contributed by atoms with Gasteiger partial charge in [0.05, 0.1) is 18.3 Å². The van der Waals surface area contributed by atoms with E-state index < -0.39 is 0 Å². The molecule has 0 aliphatic rings. The Kier molecular flexibility index (Phi) is 5.23. The standard InChI is InChI=1S/C19H21N3O2/c23-13-12-21(11-10-16-6-2-1-3-7-16)19(24)15-22-18-9-5-4-8-17(18)14-20-22/h1-9,14,23H,10-13,15H2. The molecule has 0 spiro atoms. The van der Waals surface area contributed by atoms with Gasteiger partial charge in [-0.05, 0) is 18.1 Å². The minimum absolute atomic E-state index is 0.0335. The zero-order valence-electron chi connectivity index (χ0n) is 13.5. The van der Waals surface area contributed by atoms with Gasteiger partial charge in [0.2, 0.25) is 5.91 Å². The topological polar surface area (TPSA) is 58.4 Å². The van der Waals surface area contributed by atoms with Crippen LogP contribution in [0.3, 0.4) is 0 Å². The third kappa shape index (κ3) is 3.81. The summed E-state index contributed by atoms with van der Waals surface area (Å²) in [5, 5.41) is 14.6. The Hall–Kier alpha value is -2.66. The molecule has 1 heterocycles. The molecule has 0 atom stereocenters. The van der Waals surface area contributed by atoms with Crippen molar-refractivity contribution in [2.24, 2.45) is 0 Å². The minimum Gasteiger partial charge on any atom is -0.395 e. The second kappa shape index (κ2) is 7.75. The van der Waals surface area contributed by atoms with Crippen LogP contribution in [0.15, 0.2) is 60.8 Å². The summed E-state index contributed by atoms with van der Waals surface area (Å²) < 4.78 is 1.71. The first-order valence-electron chi connectivity index (χ1n) is 8.11. The van der Waals surface area contributed by atoms with E-state index in [1.165, 1.54) is 5.56 Å². The number of fused-ring (bicyclic) bond motifs is 1. The molecule has 0 saturated carbocycles. The van der Waals surface area contributed by atoms with Crippen LogP contribution in [0.2, 0.25) is 0 Å². The fourth-order valence-corrected chi connectivity index (χ4v) is 2.77. The number of nitrogens with zero attached hydrogens (tertiary/aromatic N) is 3. The lowest BCUT2D eigenvalue weighted by molar-refractivity contribution is -0.132. The van der Waals surface area contributed by atoms with Crippen LogP contribution in [0.1, 0.15) is 5.56 Å². The SMILES string of the molecule is O=C(Cn1ncc2ccccc21)N(CCO)CCc1ccccc1. The van der Waals surface area contributed by atoms with Crippen molar-refractivity contribution in [2.45, 2.75) is 13.0 Å². The predicted octanol–water partition coefficient (Wildman–Crippen LogP) is 2.10. The molecule has 0 unspecified atom stereocenters. The summed E-state index contributed by atoms with van der Waals surface area (Å²) in [5.41, 5.74) is 2.12. The van der Waals surface area contributed by atoms with Crippen LogP contribution in [0.25, 0.3) is 10.9 Å². The highest BCUT2D eigenvalue weighted by atomic mass is 16.3. The molecule has 0 aliphatic heterocycles. The molecule has 1 N–H and O–H groups in total. The van der Waals surface area contributed by atoms with E-state index in [-0.39, 0.29) is 19.1 Å². The normalized spacial score (nSPS) is 10.9. The van der Waals surface area contributed by atoms with E-state index in [2.05, 4.69) is 5.10 Å². The third-order valence-corrected chi connectivity index (χ3v) is 4.07. The number of aliphatic hydroxyl groups excluding tert-OH is 1. The summed E-state index contributed by atoms with van der Waals surface area (Å²) >= 11 is 0. The van der Waals surface area contributed by atoms with Crippen LogP contribution in [-0.4, -0.2) is 45.4 Å². The molecule has 2 aromatic carbocycles. The Labute approximate surface area is 141 Å². The number of carbonyl (C=O) groups excluding carboxylic acids is 1. The number of aliphatic hydroxyl groups is 1. The van der Waals surface area contributed by atoms with E-state index >= 15 is 0 Å². The van der Waals surface area contributed by atoms with Crippen molar-refractivity contribution in [2.75, 3.05) is 19.7 Å². The molecule has 3 aromatic rings. The van der Waals surface area contributed by atoms with Gasteiger partial charge in [0, 0.05) is 18.5 Å². The largest absolute Gasteiger partial charge is 0.395 e. The molecule has 5 heteroatoms. The van der Waals surface area contributed by atoms with Crippen molar-refractivity contribution in [1.29, 1.82) is 0 Å². The summed E-state index contributed by atoms with van der Waals surface area (Å²) in [6, 6.07) is 17.9. The maximum Gasteiger partial charge on any atom is 0.244 e. The van der Waals surface area contributed by atoms with E-state index in [4.69, 9.17) is 0 Å². The Balaban J connectivity index is 1.67. The summed E-state index contributed by atoms with van der Waals surface area (Å²) in [5.74, 6) is -0.0335. The van der Waals surface area contributed by atoms with Gasteiger partial charge in [-0.2, -0.15) is 5.10 Å². The smallest absolute Gasteiger partial charge is 0.244 e. The summed E-state index contributed by atoms with van der Waals surface area (Å²) in [7, 11) is 0. The minimum atomic E-state index is -0.0413. The number of amides is 1. The van der Waals surface area contributed by atoms with Gasteiger partial charge in [-0.15, -0.1) is 0 Å². The maximum atomic E-state index is 12.6. The van der Waals surface area contributed by atoms with Crippen molar-refractivity contribution in [3.63, 3.8) is 0 Å². The second-order valence-corrected chi connectivity index (χ2v) is 5.70. The lowest BCUT2D eigenvalue weighted by atomic mass is 10.1. The lowest BCUT2D eigenvalue weighted by Crippen LogP contribution is -2.37. The van der Waals surface area contributed by atoms with Gasteiger partial charge < -0.3 is 10.0 Å². The third-order valence-electron chi connectivity index (χ3n) is 4.07. The number of rotatable bonds is 7. The van der Waals surface area contributed by atoms with Gasteiger partial charge in [0.15, 0.2) is 0 Å². The van der Waals surface area contributed by atoms with Crippen molar-refractivity contribution < 1.29 is 9.90 Å². The lowest BCUT2D eigenvalue weighted by Gasteiger charge is -2.22. The fraction of sp³-hybridized carbons (Fsp3) is 0.263.